The molecule has 1 amide bonds. The van der Waals surface area contributed by atoms with E-state index in [0.29, 0.717) is 12.3 Å². The molecule has 3 nitrogen and oxygen atoms in total. The number of nitrogens with zero attached hydrogens (tertiary/aromatic N) is 2. The average Bonchev–Trinajstić information content (AvgIpc) is 2.46. The molecule has 1 aliphatic rings. The number of aryl methyl sites for hydroxylation is 1. The maximum atomic E-state index is 11.7. The van der Waals surface area contributed by atoms with Crippen molar-refractivity contribution in [3.63, 3.8) is 0 Å². The van der Waals surface area contributed by atoms with E-state index in [1.165, 1.54) is 16.8 Å². The fraction of sp³-hybridized carbons (Fsp3) is 0.588. The minimum absolute atomic E-state index is 0.275. The van der Waals surface area contributed by atoms with E-state index >= 15 is 0 Å². The lowest BCUT2D eigenvalue weighted by Gasteiger charge is -2.37. The molecular weight excluding hydrogens is 248 g/mol. The van der Waals surface area contributed by atoms with Crippen LogP contribution in [0, 0.1) is 6.92 Å². The zero-order valence-corrected chi connectivity index (χ0v) is 13.1. The summed E-state index contributed by atoms with van der Waals surface area (Å²) in [5.74, 6) is 0.846. The molecule has 2 rings (SSSR count). The Kier molecular flexibility index (Phi) is 4.69. The first-order valence-electron chi connectivity index (χ1n) is 7.66. The highest BCUT2D eigenvalue weighted by molar-refractivity contribution is 5.76. The molecule has 110 valence electrons. The quantitative estimate of drug-likeness (QED) is 0.845. The normalized spacial score (nSPS) is 15.8. The number of amides is 1. The molecule has 0 atom stereocenters. The third-order valence-electron chi connectivity index (χ3n) is 4.16. The molecule has 0 aromatic heterocycles. The van der Waals surface area contributed by atoms with Gasteiger partial charge in [0.05, 0.1) is 0 Å². The van der Waals surface area contributed by atoms with Crippen LogP contribution >= 0.6 is 0 Å². The lowest BCUT2D eigenvalue weighted by atomic mass is 9.99. The number of benzene rings is 1. The van der Waals surface area contributed by atoms with Gasteiger partial charge in [0.25, 0.3) is 0 Å². The van der Waals surface area contributed by atoms with Crippen molar-refractivity contribution in [2.24, 2.45) is 0 Å². The molecule has 0 unspecified atom stereocenters. The monoisotopic (exact) mass is 274 g/mol. The summed E-state index contributed by atoms with van der Waals surface area (Å²) in [5, 5.41) is 0. The second-order valence-electron chi connectivity index (χ2n) is 5.92. The molecule has 1 aliphatic heterocycles. The van der Waals surface area contributed by atoms with E-state index in [9.17, 15) is 4.79 Å². The predicted octanol–water partition coefficient (Wildman–Crippen LogP) is 3.18. The van der Waals surface area contributed by atoms with Gasteiger partial charge in [0, 0.05) is 38.3 Å². The van der Waals surface area contributed by atoms with E-state index in [2.05, 4.69) is 43.9 Å². The third-order valence-corrected chi connectivity index (χ3v) is 4.16. The van der Waals surface area contributed by atoms with Crippen LogP contribution in [0.15, 0.2) is 18.2 Å². The minimum atomic E-state index is 0.275. The Labute approximate surface area is 122 Å². The number of hydrogen-bond acceptors (Lipinski definition) is 2. The van der Waals surface area contributed by atoms with Crippen LogP contribution in [-0.2, 0) is 4.79 Å². The topological polar surface area (TPSA) is 23.6 Å². The molecule has 1 fully saturated rings. The number of carbonyl (C=O) groups is 1. The van der Waals surface area contributed by atoms with Gasteiger partial charge in [-0.05, 0) is 30.0 Å². The van der Waals surface area contributed by atoms with Crippen molar-refractivity contribution in [1.82, 2.24) is 4.90 Å². The zero-order chi connectivity index (χ0) is 14.7. The van der Waals surface area contributed by atoms with Crippen LogP contribution in [0.5, 0.6) is 0 Å². The molecule has 0 radical (unpaired) electrons. The van der Waals surface area contributed by atoms with E-state index in [1.54, 1.807) is 0 Å². The van der Waals surface area contributed by atoms with Crippen molar-refractivity contribution in [3.05, 3.63) is 29.3 Å². The summed E-state index contributed by atoms with van der Waals surface area (Å²) in [7, 11) is 0. The summed E-state index contributed by atoms with van der Waals surface area (Å²) in [6.45, 7) is 12.1. The standard InChI is InChI=1S/C17H26N2O/c1-5-17(20)19-10-8-18(9-11-19)16-7-6-15(13(2)3)12-14(16)4/h6-7,12-13H,5,8-11H2,1-4H3. The van der Waals surface area contributed by atoms with Gasteiger partial charge in [-0.15, -0.1) is 0 Å². The van der Waals surface area contributed by atoms with Crippen molar-refractivity contribution in [2.45, 2.75) is 40.0 Å². The van der Waals surface area contributed by atoms with Gasteiger partial charge in [0.1, 0.15) is 0 Å². The van der Waals surface area contributed by atoms with E-state index < -0.39 is 0 Å². The first-order chi connectivity index (χ1) is 9.52. The van der Waals surface area contributed by atoms with Crippen molar-refractivity contribution in [1.29, 1.82) is 0 Å². The highest BCUT2D eigenvalue weighted by atomic mass is 16.2. The minimum Gasteiger partial charge on any atom is -0.368 e. The number of piperazine rings is 1. The molecule has 0 N–H and O–H groups in total. The van der Waals surface area contributed by atoms with Crippen molar-refractivity contribution in [3.8, 4) is 0 Å². The summed E-state index contributed by atoms with van der Waals surface area (Å²) >= 11 is 0. The van der Waals surface area contributed by atoms with Gasteiger partial charge in [-0.25, -0.2) is 0 Å². The first kappa shape index (κ1) is 14.9. The maximum Gasteiger partial charge on any atom is 0.222 e. The van der Waals surface area contributed by atoms with Gasteiger partial charge in [0.15, 0.2) is 0 Å². The summed E-state index contributed by atoms with van der Waals surface area (Å²) in [4.78, 5) is 16.1. The second-order valence-corrected chi connectivity index (χ2v) is 5.92. The number of carbonyl (C=O) groups excluding carboxylic acids is 1. The molecule has 0 aliphatic carbocycles. The Hall–Kier alpha value is -1.51. The summed E-state index contributed by atoms with van der Waals surface area (Å²) < 4.78 is 0. The number of anilines is 1. The molecular formula is C17H26N2O. The van der Waals surface area contributed by atoms with Crippen LogP contribution in [0.25, 0.3) is 0 Å². The molecule has 20 heavy (non-hydrogen) atoms. The largest absolute Gasteiger partial charge is 0.368 e. The van der Waals surface area contributed by atoms with Crippen LogP contribution in [0.1, 0.15) is 44.2 Å². The van der Waals surface area contributed by atoms with Crippen LogP contribution in [0.2, 0.25) is 0 Å². The smallest absolute Gasteiger partial charge is 0.222 e. The van der Waals surface area contributed by atoms with Gasteiger partial charge >= 0.3 is 0 Å². The Balaban J connectivity index is 2.05. The van der Waals surface area contributed by atoms with Crippen molar-refractivity contribution in [2.75, 3.05) is 31.1 Å². The molecule has 0 spiro atoms. The van der Waals surface area contributed by atoms with Gasteiger partial charge in [-0.3, -0.25) is 4.79 Å². The van der Waals surface area contributed by atoms with Gasteiger partial charge in [-0.2, -0.15) is 0 Å². The van der Waals surface area contributed by atoms with Crippen LogP contribution in [0.4, 0.5) is 5.69 Å². The van der Waals surface area contributed by atoms with Crippen LogP contribution < -0.4 is 4.90 Å². The highest BCUT2D eigenvalue weighted by Crippen LogP contribution is 2.25. The fourth-order valence-electron chi connectivity index (χ4n) is 2.81. The van der Waals surface area contributed by atoms with Crippen molar-refractivity contribution < 1.29 is 4.79 Å². The van der Waals surface area contributed by atoms with Gasteiger partial charge in [-0.1, -0.05) is 32.9 Å². The van der Waals surface area contributed by atoms with Gasteiger partial charge < -0.3 is 9.80 Å². The third kappa shape index (κ3) is 3.14. The molecule has 1 saturated heterocycles. The van der Waals surface area contributed by atoms with Crippen molar-refractivity contribution >= 4 is 11.6 Å². The lowest BCUT2D eigenvalue weighted by Crippen LogP contribution is -2.48. The van der Waals surface area contributed by atoms with E-state index in [4.69, 9.17) is 0 Å². The Bertz CT molecular complexity index is 474. The molecule has 0 saturated carbocycles. The fourth-order valence-corrected chi connectivity index (χ4v) is 2.81. The van der Waals surface area contributed by atoms with E-state index in [1.807, 2.05) is 11.8 Å². The highest BCUT2D eigenvalue weighted by Gasteiger charge is 2.21. The number of hydrogen-bond donors (Lipinski definition) is 0. The van der Waals surface area contributed by atoms with E-state index in [-0.39, 0.29) is 5.91 Å². The Morgan fingerprint density at radius 3 is 2.35 bits per heavy atom. The van der Waals surface area contributed by atoms with Crippen LogP contribution in [0.3, 0.4) is 0 Å². The Morgan fingerprint density at radius 1 is 1.20 bits per heavy atom. The summed E-state index contributed by atoms with van der Waals surface area (Å²) in [6.07, 6.45) is 0.613. The zero-order valence-electron chi connectivity index (χ0n) is 13.1. The van der Waals surface area contributed by atoms with Gasteiger partial charge in [0.2, 0.25) is 5.91 Å². The molecule has 1 heterocycles. The number of rotatable bonds is 3. The summed E-state index contributed by atoms with van der Waals surface area (Å²) in [5.41, 5.74) is 4.05. The predicted molar refractivity (Wildman–Crippen MR) is 84.4 cm³/mol. The molecule has 3 heteroatoms. The molecule has 1 aromatic rings. The SMILES string of the molecule is CCC(=O)N1CCN(c2ccc(C(C)C)cc2C)CC1. The molecule has 1 aromatic carbocycles. The molecule has 0 bridgehead atoms. The first-order valence-corrected chi connectivity index (χ1v) is 7.66. The van der Waals surface area contributed by atoms with E-state index in [0.717, 1.165) is 26.2 Å². The second kappa shape index (κ2) is 6.29. The average molecular weight is 274 g/mol. The Morgan fingerprint density at radius 2 is 1.85 bits per heavy atom. The summed E-state index contributed by atoms with van der Waals surface area (Å²) in [6, 6.07) is 6.77. The maximum absolute atomic E-state index is 11.7. The van der Waals surface area contributed by atoms with Crippen LogP contribution in [-0.4, -0.2) is 37.0 Å². The lowest BCUT2D eigenvalue weighted by molar-refractivity contribution is -0.131.